The van der Waals surface area contributed by atoms with E-state index in [2.05, 4.69) is 4.72 Å². The maximum Gasteiger partial charge on any atom is 0.303 e. The minimum atomic E-state index is -3.62. The van der Waals surface area contributed by atoms with Crippen LogP contribution in [-0.2, 0) is 21.2 Å². The predicted molar refractivity (Wildman–Crippen MR) is 65.2 cm³/mol. The van der Waals surface area contributed by atoms with Gasteiger partial charge in [-0.05, 0) is 31.2 Å². The Balaban J connectivity index is 3.14. The van der Waals surface area contributed by atoms with Crippen LogP contribution in [0.25, 0.3) is 0 Å². The summed E-state index contributed by atoms with van der Waals surface area (Å²) in [7, 11) is -0.944. The third-order valence-electron chi connectivity index (χ3n) is 2.41. The third kappa shape index (κ3) is 3.44. The van der Waals surface area contributed by atoms with Gasteiger partial charge in [0.2, 0.25) is 10.0 Å². The Morgan fingerprint density at radius 2 is 2.11 bits per heavy atom. The predicted octanol–water partition coefficient (Wildman–Crippen LogP) is 0.620. The van der Waals surface area contributed by atoms with Gasteiger partial charge in [-0.15, -0.1) is 0 Å². The molecule has 1 aromatic rings. The molecule has 7 heteroatoms. The molecule has 1 aromatic carbocycles. The fourth-order valence-electron chi connectivity index (χ4n) is 1.45. The number of rotatable bonds is 6. The van der Waals surface area contributed by atoms with Crippen LogP contribution >= 0.6 is 0 Å². The Bertz CT molecular complexity index is 538. The van der Waals surface area contributed by atoms with E-state index >= 15 is 0 Å². The molecule has 0 aromatic heterocycles. The SMILES string of the molecule is CNS(=O)(=O)c1cc(CCC(=O)O)ccc1OC. The first-order valence-corrected chi connectivity index (χ1v) is 6.71. The van der Waals surface area contributed by atoms with Gasteiger partial charge in [-0.1, -0.05) is 6.07 Å². The second-order valence-corrected chi connectivity index (χ2v) is 5.44. The lowest BCUT2D eigenvalue weighted by Gasteiger charge is -2.10. The van der Waals surface area contributed by atoms with Gasteiger partial charge in [-0.2, -0.15) is 0 Å². The van der Waals surface area contributed by atoms with Gasteiger partial charge in [-0.25, -0.2) is 13.1 Å². The van der Waals surface area contributed by atoms with Gasteiger partial charge in [-0.3, -0.25) is 4.79 Å². The molecule has 0 aliphatic rings. The van der Waals surface area contributed by atoms with Gasteiger partial charge in [0.15, 0.2) is 0 Å². The average Bonchev–Trinajstić information content (AvgIpc) is 2.36. The van der Waals surface area contributed by atoms with Crippen molar-refractivity contribution >= 4 is 16.0 Å². The molecule has 1 rings (SSSR count). The largest absolute Gasteiger partial charge is 0.495 e. The molecule has 0 atom stereocenters. The number of carboxylic acids is 1. The Labute approximate surface area is 106 Å². The molecule has 0 saturated carbocycles. The zero-order chi connectivity index (χ0) is 13.8. The fraction of sp³-hybridized carbons (Fsp3) is 0.364. The number of methoxy groups -OCH3 is 1. The Kier molecular flexibility index (Phi) is 4.69. The van der Waals surface area contributed by atoms with E-state index in [4.69, 9.17) is 9.84 Å². The van der Waals surface area contributed by atoms with E-state index in [1.807, 2.05) is 0 Å². The van der Waals surface area contributed by atoms with E-state index < -0.39 is 16.0 Å². The topological polar surface area (TPSA) is 92.7 Å². The van der Waals surface area contributed by atoms with Crippen LogP contribution in [-0.4, -0.2) is 33.7 Å². The molecule has 0 aliphatic carbocycles. The van der Waals surface area contributed by atoms with Crippen molar-refractivity contribution in [2.75, 3.05) is 14.2 Å². The Hall–Kier alpha value is -1.60. The van der Waals surface area contributed by atoms with Gasteiger partial charge in [0.1, 0.15) is 10.6 Å². The van der Waals surface area contributed by atoms with Crippen LogP contribution in [0.3, 0.4) is 0 Å². The second kappa shape index (κ2) is 5.83. The summed E-state index contributed by atoms with van der Waals surface area (Å²) < 4.78 is 30.7. The van der Waals surface area contributed by atoms with Gasteiger partial charge in [0, 0.05) is 6.42 Å². The number of aliphatic carboxylic acids is 1. The number of ether oxygens (including phenoxy) is 1. The summed E-state index contributed by atoms with van der Waals surface area (Å²) in [5.41, 5.74) is 0.632. The molecule has 0 spiro atoms. The number of carbonyl (C=O) groups is 1. The normalized spacial score (nSPS) is 11.2. The molecular formula is C11H15NO5S. The van der Waals surface area contributed by atoms with Crippen LogP contribution in [0.1, 0.15) is 12.0 Å². The summed E-state index contributed by atoms with van der Waals surface area (Å²) in [6, 6.07) is 4.59. The van der Waals surface area contributed by atoms with Crippen molar-refractivity contribution < 1.29 is 23.1 Å². The van der Waals surface area contributed by atoms with Crippen LogP contribution in [0.15, 0.2) is 23.1 Å². The van der Waals surface area contributed by atoms with Gasteiger partial charge < -0.3 is 9.84 Å². The van der Waals surface area contributed by atoms with E-state index in [-0.39, 0.29) is 23.5 Å². The molecule has 2 N–H and O–H groups in total. The fourth-order valence-corrected chi connectivity index (χ4v) is 2.39. The highest BCUT2D eigenvalue weighted by Crippen LogP contribution is 2.25. The van der Waals surface area contributed by atoms with E-state index in [0.29, 0.717) is 5.56 Å². The lowest BCUT2D eigenvalue weighted by atomic mass is 10.1. The highest BCUT2D eigenvalue weighted by atomic mass is 32.2. The van der Waals surface area contributed by atoms with Gasteiger partial charge >= 0.3 is 5.97 Å². The minimum Gasteiger partial charge on any atom is -0.495 e. The molecule has 0 aliphatic heterocycles. The number of benzene rings is 1. The number of carboxylic acid groups (broad SMARTS) is 1. The standard InChI is InChI=1S/C11H15NO5S/c1-12-18(15,16)10-7-8(4-6-11(13)14)3-5-9(10)17-2/h3,5,7,12H,4,6H2,1-2H3,(H,13,14). The molecular weight excluding hydrogens is 258 g/mol. The zero-order valence-electron chi connectivity index (χ0n) is 10.1. The molecule has 0 saturated heterocycles. The molecule has 100 valence electrons. The van der Waals surface area contributed by atoms with Gasteiger partial charge in [0.05, 0.1) is 7.11 Å². The summed E-state index contributed by atoms with van der Waals surface area (Å²) in [5, 5.41) is 8.60. The minimum absolute atomic E-state index is 0.00962. The monoisotopic (exact) mass is 273 g/mol. The molecule has 0 bridgehead atoms. The number of aryl methyl sites for hydroxylation is 1. The van der Waals surface area contributed by atoms with Crippen LogP contribution in [0.2, 0.25) is 0 Å². The summed E-state index contributed by atoms with van der Waals surface area (Å²) in [6.07, 6.45) is 0.219. The Morgan fingerprint density at radius 3 is 2.61 bits per heavy atom. The van der Waals surface area contributed by atoms with Crippen LogP contribution in [0, 0.1) is 0 Å². The molecule has 0 unspecified atom stereocenters. The lowest BCUT2D eigenvalue weighted by Crippen LogP contribution is -2.19. The van der Waals surface area contributed by atoms with Crippen molar-refractivity contribution in [3.05, 3.63) is 23.8 Å². The quantitative estimate of drug-likeness (QED) is 0.792. The number of hydrogen-bond donors (Lipinski definition) is 2. The summed E-state index contributed by atoms with van der Waals surface area (Å²) in [4.78, 5) is 10.5. The zero-order valence-corrected chi connectivity index (χ0v) is 11.0. The third-order valence-corrected chi connectivity index (χ3v) is 3.85. The first kappa shape index (κ1) is 14.5. The van der Waals surface area contributed by atoms with Crippen LogP contribution in [0.4, 0.5) is 0 Å². The first-order valence-electron chi connectivity index (χ1n) is 5.23. The Morgan fingerprint density at radius 1 is 1.44 bits per heavy atom. The molecule has 0 fully saturated rings. The number of hydrogen-bond acceptors (Lipinski definition) is 4. The summed E-state index contributed by atoms with van der Waals surface area (Å²) in [6.45, 7) is 0. The molecule has 18 heavy (non-hydrogen) atoms. The lowest BCUT2D eigenvalue weighted by molar-refractivity contribution is -0.136. The van der Waals surface area contributed by atoms with Crippen molar-refractivity contribution in [3.8, 4) is 5.75 Å². The van der Waals surface area contributed by atoms with Crippen molar-refractivity contribution in [2.45, 2.75) is 17.7 Å². The maximum atomic E-state index is 11.8. The van der Waals surface area contributed by atoms with Crippen LogP contribution < -0.4 is 9.46 Å². The average molecular weight is 273 g/mol. The highest BCUT2D eigenvalue weighted by molar-refractivity contribution is 7.89. The van der Waals surface area contributed by atoms with Crippen molar-refractivity contribution in [1.29, 1.82) is 0 Å². The van der Waals surface area contributed by atoms with E-state index in [9.17, 15) is 13.2 Å². The second-order valence-electron chi connectivity index (χ2n) is 3.59. The number of nitrogens with one attached hydrogen (secondary N) is 1. The van der Waals surface area contributed by atoms with Crippen molar-refractivity contribution in [2.24, 2.45) is 0 Å². The van der Waals surface area contributed by atoms with Crippen molar-refractivity contribution in [3.63, 3.8) is 0 Å². The highest BCUT2D eigenvalue weighted by Gasteiger charge is 2.18. The molecule has 0 heterocycles. The van der Waals surface area contributed by atoms with E-state index in [0.717, 1.165) is 0 Å². The summed E-state index contributed by atoms with van der Waals surface area (Å²) in [5.74, 6) is -0.702. The summed E-state index contributed by atoms with van der Waals surface area (Å²) >= 11 is 0. The van der Waals surface area contributed by atoms with Crippen LogP contribution in [0.5, 0.6) is 5.75 Å². The van der Waals surface area contributed by atoms with E-state index in [1.54, 1.807) is 6.07 Å². The number of sulfonamides is 1. The maximum absolute atomic E-state index is 11.8. The smallest absolute Gasteiger partial charge is 0.303 e. The van der Waals surface area contributed by atoms with Gasteiger partial charge in [0.25, 0.3) is 0 Å². The molecule has 0 amide bonds. The van der Waals surface area contributed by atoms with Crippen molar-refractivity contribution in [1.82, 2.24) is 4.72 Å². The molecule has 0 radical (unpaired) electrons. The van der Waals surface area contributed by atoms with E-state index in [1.165, 1.54) is 26.3 Å². The molecule has 6 nitrogen and oxygen atoms in total. The first-order chi connectivity index (χ1) is 8.40.